The molecule has 1 heterocycles. The molecular formula is C15H32N2O2. The largest absolute Gasteiger partial charge is 0.384 e. The van der Waals surface area contributed by atoms with Gasteiger partial charge in [-0.1, -0.05) is 0 Å². The van der Waals surface area contributed by atoms with Gasteiger partial charge in [-0.25, -0.2) is 0 Å². The highest BCUT2D eigenvalue weighted by molar-refractivity contribution is 4.74. The van der Waals surface area contributed by atoms with Crippen molar-refractivity contribution in [1.82, 2.24) is 10.2 Å². The molecule has 0 spiro atoms. The minimum atomic E-state index is 0.758. The molecule has 1 aliphatic heterocycles. The number of rotatable bonds is 12. The zero-order chi connectivity index (χ0) is 13.8. The number of nitrogens with one attached hydrogen (secondary N) is 1. The van der Waals surface area contributed by atoms with Gasteiger partial charge in [-0.3, -0.25) is 0 Å². The Labute approximate surface area is 118 Å². The molecule has 1 rings (SSSR count). The SMILES string of the molecule is CNCCCCOCCCCN1CCC(COC)C1. The van der Waals surface area contributed by atoms with Gasteiger partial charge in [-0.05, 0) is 64.7 Å². The van der Waals surface area contributed by atoms with E-state index in [1.165, 1.54) is 51.7 Å². The van der Waals surface area contributed by atoms with E-state index in [4.69, 9.17) is 9.47 Å². The fraction of sp³-hybridized carbons (Fsp3) is 1.00. The highest BCUT2D eigenvalue weighted by Gasteiger charge is 2.21. The van der Waals surface area contributed by atoms with E-state index < -0.39 is 0 Å². The molecule has 0 radical (unpaired) electrons. The first-order valence-corrected chi connectivity index (χ1v) is 7.80. The van der Waals surface area contributed by atoms with E-state index in [-0.39, 0.29) is 0 Å². The van der Waals surface area contributed by atoms with Gasteiger partial charge in [-0.15, -0.1) is 0 Å². The van der Waals surface area contributed by atoms with Crippen molar-refractivity contribution in [1.29, 1.82) is 0 Å². The molecule has 4 heteroatoms. The predicted molar refractivity (Wildman–Crippen MR) is 79.6 cm³/mol. The van der Waals surface area contributed by atoms with Gasteiger partial charge in [-0.2, -0.15) is 0 Å². The van der Waals surface area contributed by atoms with E-state index in [0.29, 0.717) is 0 Å². The van der Waals surface area contributed by atoms with Gasteiger partial charge in [0.05, 0.1) is 6.61 Å². The molecule has 1 atom stereocenters. The first-order valence-electron chi connectivity index (χ1n) is 7.80. The minimum absolute atomic E-state index is 0.758. The molecule has 4 nitrogen and oxygen atoms in total. The van der Waals surface area contributed by atoms with Gasteiger partial charge in [0.2, 0.25) is 0 Å². The van der Waals surface area contributed by atoms with Crippen LogP contribution in [0.2, 0.25) is 0 Å². The first-order chi connectivity index (χ1) is 9.36. The van der Waals surface area contributed by atoms with Crippen LogP contribution >= 0.6 is 0 Å². The van der Waals surface area contributed by atoms with Crippen molar-refractivity contribution in [3.63, 3.8) is 0 Å². The minimum Gasteiger partial charge on any atom is -0.384 e. The second-order valence-electron chi connectivity index (χ2n) is 5.54. The summed E-state index contributed by atoms with van der Waals surface area (Å²) >= 11 is 0. The summed E-state index contributed by atoms with van der Waals surface area (Å²) in [6.07, 6.45) is 6.14. The Morgan fingerprint density at radius 1 is 1.16 bits per heavy atom. The Bertz CT molecular complexity index is 203. The smallest absolute Gasteiger partial charge is 0.0503 e. The second-order valence-corrected chi connectivity index (χ2v) is 5.54. The van der Waals surface area contributed by atoms with Crippen molar-refractivity contribution in [2.75, 3.05) is 60.2 Å². The summed E-state index contributed by atoms with van der Waals surface area (Å²) in [5, 5.41) is 3.15. The van der Waals surface area contributed by atoms with Crippen LogP contribution in [0.3, 0.4) is 0 Å². The fourth-order valence-electron chi connectivity index (χ4n) is 2.64. The predicted octanol–water partition coefficient (Wildman–Crippen LogP) is 1.75. The summed E-state index contributed by atoms with van der Waals surface area (Å²) in [4.78, 5) is 2.57. The third-order valence-corrected chi connectivity index (χ3v) is 3.75. The van der Waals surface area contributed by atoms with Crippen molar-refractivity contribution >= 4 is 0 Å². The van der Waals surface area contributed by atoms with Crippen LogP contribution in [0.5, 0.6) is 0 Å². The highest BCUT2D eigenvalue weighted by Crippen LogP contribution is 2.16. The van der Waals surface area contributed by atoms with Crippen LogP contribution in [-0.2, 0) is 9.47 Å². The van der Waals surface area contributed by atoms with Gasteiger partial charge < -0.3 is 19.7 Å². The number of hydrogen-bond acceptors (Lipinski definition) is 4. The average Bonchev–Trinajstić information content (AvgIpc) is 2.85. The van der Waals surface area contributed by atoms with Gasteiger partial charge >= 0.3 is 0 Å². The van der Waals surface area contributed by atoms with E-state index >= 15 is 0 Å². The summed E-state index contributed by atoms with van der Waals surface area (Å²) in [5.74, 6) is 0.758. The molecule has 1 fully saturated rings. The molecule has 1 unspecified atom stereocenters. The van der Waals surface area contributed by atoms with Crippen molar-refractivity contribution in [2.24, 2.45) is 5.92 Å². The molecule has 114 valence electrons. The van der Waals surface area contributed by atoms with E-state index in [0.717, 1.165) is 32.3 Å². The van der Waals surface area contributed by atoms with Crippen LogP contribution in [0.1, 0.15) is 32.1 Å². The molecule has 0 aromatic heterocycles. The summed E-state index contributed by atoms with van der Waals surface area (Å²) in [5.41, 5.74) is 0. The molecule has 0 aromatic carbocycles. The Balaban J connectivity index is 1.81. The Hall–Kier alpha value is -0.160. The average molecular weight is 272 g/mol. The van der Waals surface area contributed by atoms with E-state index in [2.05, 4.69) is 10.2 Å². The number of likely N-dealkylation sites (tertiary alicyclic amines) is 1. The third kappa shape index (κ3) is 8.58. The molecule has 1 saturated heterocycles. The highest BCUT2D eigenvalue weighted by atomic mass is 16.5. The number of methoxy groups -OCH3 is 1. The molecule has 0 aromatic rings. The third-order valence-electron chi connectivity index (χ3n) is 3.75. The standard InChI is InChI=1S/C15H32N2O2/c1-16-8-3-5-11-19-12-6-4-9-17-10-7-15(13-17)14-18-2/h15-16H,3-14H2,1-2H3. The second kappa shape index (κ2) is 11.6. The monoisotopic (exact) mass is 272 g/mol. The summed E-state index contributed by atoms with van der Waals surface area (Å²) in [6.45, 7) is 7.56. The quantitative estimate of drug-likeness (QED) is 0.549. The van der Waals surface area contributed by atoms with Crippen LogP contribution in [-0.4, -0.2) is 65.1 Å². The Kier molecular flexibility index (Phi) is 10.4. The number of ether oxygens (including phenoxy) is 2. The molecule has 19 heavy (non-hydrogen) atoms. The van der Waals surface area contributed by atoms with Crippen molar-refractivity contribution in [3.8, 4) is 0 Å². The van der Waals surface area contributed by atoms with Crippen LogP contribution < -0.4 is 5.32 Å². The molecule has 0 saturated carbocycles. The zero-order valence-corrected chi connectivity index (χ0v) is 12.8. The van der Waals surface area contributed by atoms with Crippen molar-refractivity contribution in [2.45, 2.75) is 32.1 Å². The van der Waals surface area contributed by atoms with Crippen LogP contribution in [0, 0.1) is 5.92 Å². The van der Waals surface area contributed by atoms with Gasteiger partial charge in [0.25, 0.3) is 0 Å². The maximum Gasteiger partial charge on any atom is 0.0503 e. The lowest BCUT2D eigenvalue weighted by atomic mass is 10.1. The maximum absolute atomic E-state index is 5.64. The Morgan fingerprint density at radius 3 is 2.68 bits per heavy atom. The van der Waals surface area contributed by atoms with E-state index in [1.54, 1.807) is 7.11 Å². The number of hydrogen-bond donors (Lipinski definition) is 1. The fourth-order valence-corrected chi connectivity index (χ4v) is 2.64. The molecule has 0 amide bonds. The van der Waals surface area contributed by atoms with Crippen LogP contribution in [0.25, 0.3) is 0 Å². The maximum atomic E-state index is 5.64. The molecule has 0 aliphatic carbocycles. The van der Waals surface area contributed by atoms with E-state index in [9.17, 15) is 0 Å². The number of unbranched alkanes of at least 4 members (excludes halogenated alkanes) is 2. The van der Waals surface area contributed by atoms with Gasteiger partial charge in [0, 0.05) is 26.9 Å². The van der Waals surface area contributed by atoms with Crippen LogP contribution in [0.4, 0.5) is 0 Å². The van der Waals surface area contributed by atoms with E-state index in [1.807, 2.05) is 7.05 Å². The molecule has 0 bridgehead atoms. The van der Waals surface area contributed by atoms with Crippen molar-refractivity contribution in [3.05, 3.63) is 0 Å². The lowest BCUT2D eigenvalue weighted by Gasteiger charge is -2.15. The first kappa shape index (κ1) is 16.9. The van der Waals surface area contributed by atoms with Crippen LogP contribution in [0.15, 0.2) is 0 Å². The summed E-state index contributed by atoms with van der Waals surface area (Å²) < 4.78 is 10.9. The Morgan fingerprint density at radius 2 is 1.95 bits per heavy atom. The summed E-state index contributed by atoms with van der Waals surface area (Å²) in [7, 11) is 3.80. The summed E-state index contributed by atoms with van der Waals surface area (Å²) in [6, 6.07) is 0. The normalized spacial score (nSPS) is 20.2. The van der Waals surface area contributed by atoms with Gasteiger partial charge in [0.15, 0.2) is 0 Å². The molecule has 1 aliphatic rings. The van der Waals surface area contributed by atoms with Gasteiger partial charge in [0.1, 0.15) is 0 Å². The topological polar surface area (TPSA) is 33.7 Å². The molecular weight excluding hydrogens is 240 g/mol. The molecule has 1 N–H and O–H groups in total. The number of nitrogens with zero attached hydrogens (tertiary/aromatic N) is 1. The lowest BCUT2D eigenvalue weighted by molar-refractivity contribution is 0.123. The lowest BCUT2D eigenvalue weighted by Crippen LogP contribution is -2.23. The zero-order valence-electron chi connectivity index (χ0n) is 12.8. The van der Waals surface area contributed by atoms with Crippen molar-refractivity contribution < 1.29 is 9.47 Å².